The van der Waals surface area contributed by atoms with Crippen molar-refractivity contribution in [2.75, 3.05) is 7.11 Å². The number of benzene rings is 6. The van der Waals surface area contributed by atoms with Gasteiger partial charge in [0.2, 0.25) is 0 Å². The van der Waals surface area contributed by atoms with Crippen molar-refractivity contribution in [2.45, 2.75) is 6.92 Å². The van der Waals surface area contributed by atoms with Gasteiger partial charge in [0.15, 0.2) is 0 Å². The molecule has 0 unspecified atom stereocenters. The predicted octanol–water partition coefficient (Wildman–Crippen LogP) is 6.14. The molecular formula is C40H39O4P2Pd+. The van der Waals surface area contributed by atoms with Crippen molar-refractivity contribution in [1.82, 2.24) is 0 Å². The zero-order valence-corrected chi connectivity index (χ0v) is 29.9. The second-order valence-corrected chi connectivity index (χ2v) is 14.7. The van der Waals surface area contributed by atoms with Crippen LogP contribution in [0.3, 0.4) is 0 Å². The summed E-state index contributed by atoms with van der Waals surface area (Å²) in [5, 5.41) is 16.0. The van der Waals surface area contributed by atoms with Crippen LogP contribution < -0.4 is 31.8 Å². The van der Waals surface area contributed by atoms with E-state index in [-0.39, 0.29) is 20.4 Å². The minimum atomic E-state index is -0.877. The number of hydrogen-bond donors (Lipinski definition) is 1. The minimum Gasteiger partial charge on any atom is -0.655 e. The van der Waals surface area contributed by atoms with Gasteiger partial charge < -0.3 is 14.6 Å². The first kappa shape index (κ1) is 39.0. The minimum absolute atomic E-state index is 0. The number of carboxylic acid groups (broad SMARTS) is 1. The molecule has 0 aliphatic heterocycles. The Morgan fingerprint density at radius 2 is 0.596 bits per heavy atom. The van der Waals surface area contributed by atoms with Crippen LogP contribution in [-0.2, 0) is 34.7 Å². The number of rotatable bonds is 7. The number of ether oxygens (including phenoxy) is 1. The maximum Gasteiger partial charge on any atom is 0.300 e. The van der Waals surface area contributed by atoms with Gasteiger partial charge in [-0.25, -0.2) is 0 Å². The van der Waals surface area contributed by atoms with Gasteiger partial charge in [0, 0.05) is 34.5 Å². The van der Waals surface area contributed by atoms with E-state index in [1.54, 1.807) is 0 Å². The fourth-order valence-electron chi connectivity index (χ4n) is 4.63. The molecule has 0 aliphatic rings. The summed E-state index contributed by atoms with van der Waals surface area (Å²) >= 11 is 0. The molecule has 0 fully saturated rings. The number of carboxylic acids is 1. The fourth-order valence-corrected chi connectivity index (χ4v) is 9.78. The second-order valence-electron chi connectivity index (χ2n) is 9.75. The summed E-state index contributed by atoms with van der Waals surface area (Å²) in [6.45, 7) is 2.26. The third-order valence-corrected chi connectivity index (χ3v) is 11.9. The standard InChI is InChI=1S/2C18H15P.C2H3O2.C2H4O2.Pd/c2*1-4-10-16(11-5-1)19(17-12-6-2-7-13-17)18-14-8-3-9-15-18;1-4-2-3;1-2(3)4;/h2*1-15H;1H3;1H3,(H,3,4);/q;;-1;;/p+2. The Morgan fingerprint density at radius 1 is 0.468 bits per heavy atom. The quantitative estimate of drug-likeness (QED) is 0.121. The maximum absolute atomic E-state index is 9.00. The van der Waals surface area contributed by atoms with Crippen molar-refractivity contribution in [2.24, 2.45) is 0 Å². The Labute approximate surface area is 294 Å². The normalized spacial score (nSPS) is 9.53. The molecule has 0 atom stereocenters. The topological polar surface area (TPSA) is 63.6 Å². The molecule has 0 aliphatic carbocycles. The predicted molar refractivity (Wildman–Crippen MR) is 199 cm³/mol. The van der Waals surface area contributed by atoms with Gasteiger partial charge in [0.05, 0.1) is 15.8 Å². The van der Waals surface area contributed by atoms with Gasteiger partial charge in [-0.3, -0.25) is 4.79 Å². The van der Waals surface area contributed by atoms with Crippen LogP contribution in [0.2, 0.25) is 0 Å². The number of hydrogen-bond acceptors (Lipinski definition) is 3. The third kappa shape index (κ3) is 14.0. The molecule has 47 heavy (non-hydrogen) atoms. The molecule has 6 rings (SSSR count). The van der Waals surface area contributed by atoms with Crippen molar-refractivity contribution in [3.05, 3.63) is 182 Å². The molecule has 1 N–H and O–H groups in total. The molecule has 0 saturated carbocycles. The Balaban J connectivity index is 0.000000262. The van der Waals surface area contributed by atoms with E-state index < -0.39 is 21.8 Å². The number of aliphatic carboxylic acids is 1. The molecule has 0 heterocycles. The van der Waals surface area contributed by atoms with E-state index in [1.165, 1.54) is 45.4 Å². The molecule has 0 saturated heterocycles. The average Bonchev–Trinajstić information content (AvgIpc) is 3.12. The van der Waals surface area contributed by atoms with E-state index in [0.29, 0.717) is 0 Å². The Kier molecular flexibility index (Phi) is 19.2. The average molecular weight is 752 g/mol. The van der Waals surface area contributed by atoms with Gasteiger partial charge in [-0.2, -0.15) is 0 Å². The van der Waals surface area contributed by atoms with E-state index in [1.807, 2.05) is 0 Å². The molecule has 0 amide bonds. The zero-order chi connectivity index (χ0) is 32.8. The van der Waals surface area contributed by atoms with Crippen LogP contribution in [0.15, 0.2) is 182 Å². The van der Waals surface area contributed by atoms with Crippen LogP contribution in [-0.4, -0.2) is 24.7 Å². The largest absolute Gasteiger partial charge is 0.655 e. The summed E-state index contributed by atoms with van der Waals surface area (Å²) in [5.41, 5.74) is 0. The summed E-state index contributed by atoms with van der Waals surface area (Å²) in [7, 11) is -0.498. The van der Waals surface area contributed by atoms with Crippen LogP contribution in [0.25, 0.3) is 0 Å². The van der Waals surface area contributed by atoms with Crippen LogP contribution in [0.5, 0.6) is 0 Å². The van der Waals surface area contributed by atoms with Crippen LogP contribution in [0.4, 0.5) is 0 Å². The Morgan fingerprint density at radius 3 is 0.702 bits per heavy atom. The van der Waals surface area contributed by atoms with Crippen LogP contribution in [0.1, 0.15) is 6.92 Å². The number of carbonyl (C=O) groups excluding carboxylic acids is 1. The first-order chi connectivity index (χ1) is 22.5. The molecule has 4 nitrogen and oxygen atoms in total. The van der Waals surface area contributed by atoms with Crippen molar-refractivity contribution in [3.8, 4) is 0 Å². The van der Waals surface area contributed by atoms with E-state index in [9.17, 15) is 0 Å². The van der Waals surface area contributed by atoms with E-state index in [2.05, 4.69) is 187 Å². The SMILES string of the molecule is CC(=O)O.CO[C-]=O.[Pd].c1ccc([PH+](c2ccccc2)c2ccccc2)cc1.c1ccc([PH+](c2ccccc2)c2ccccc2)cc1. The van der Waals surface area contributed by atoms with Gasteiger partial charge in [-0.05, 0) is 72.8 Å². The first-order valence-electron chi connectivity index (χ1n) is 14.7. The van der Waals surface area contributed by atoms with Gasteiger partial charge >= 0.3 is 0 Å². The van der Waals surface area contributed by atoms with E-state index in [0.717, 1.165) is 6.92 Å². The monoisotopic (exact) mass is 751 g/mol. The summed E-state index contributed by atoms with van der Waals surface area (Å²) in [5.74, 6) is -0.833. The van der Waals surface area contributed by atoms with E-state index >= 15 is 0 Å². The third-order valence-electron chi connectivity index (χ3n) is 6.46. The van der Waals surface area contributed by atoms with Crippen molar-refractivity contribution >= 4 is 60.1 Å². The fraction of sp³-hybridized carbons (Fsp3) is 0.0500. The summed E-state index contributed by atoms with van der Waals surface area (Å²) in [6, 6.07) is 65.0. The van der Waals surface area contributed by atoms with Gasteiger partial charge in [0.25, 0.3) is 5.97 Å². The smallest absolute Gasteiger partial charge is 0.300 e. The maximum atomic E-state index is 9.00. The second kappa shape index (κ2) is 23.2. The molecule has 6 aromatic rings. The molecule has 0 bridgehead atoms. The number of methoxy groups -OCH3 is 1. The molecule has 7 heteroatoms. The van der Waals surface area contributed by atoms with Crippen LogP contribution >= 0.6 is 15.8 Å². The summed E-state index contributed by atoms with van der Waals surface area (Å²) in [6.07, 6.45) is 0. The van der Waals surface area contributed by atoms with Gasteiger partial charge in [0.1, 0.15) is 31.8 Å². The van der Waals surface area contributed by atoms with E-state index in [4.69, 9.17) is 14.7 Å². The van der Waals surface area contributed by atoms with Gasteiger partial charge in [-0.15, -0.1) is 0 Å². The molecular weight excluding hydrogens is 713 g/mol. The molecule has 0 aromatic heterocycles. The number of carbonyl (C=O) groups is 1. The zero-order valence-electron chi connectivity index (χ0n) is 26.3. The molecule has 0 radical (unpaired) electrons. The molecule has 0 spiro atoms. The van der Waals surface area contributed by atoms with Gasteiger partial charge in [-0.1, -0.05) is 116 Å². The summed E-state index contributed by atoms with van der Waals surface area (Å²) < 4.78 is 3.74. The van der Waals surface area contributed by atoms with Crippen molar-refractivity contribution < 1.29 is 39.9 Å². The Bertz CT molecular complexity index is 1350. The van der Waals surface area contributed by atoms with Crippen LogP contribution in [0, 0.1) is 0 Å². The molecule has 6 aromatic carbocycles. The molecule has 242 valence electrons. The Hall–Kier alpha value is -4.22. The van der Waals surface area contributed by atoms with Crippen molar-refractivity contribution in [1.29, 1.82) is 0 Å². The van der Waals surface area contributed by atoms with Crippen molar-refractivity contribution in [3.63, 3.8) is 0 Å². The first-order valence-corrected chi connectivity index (χ1v) is 17.7. The summed E-state index contributed by atoms with van der Waals surface area (Å²) in [4.78, 5) is 17.8.